The van der Waals surface area contributed by atoms with Gasteiger partial charge in [0.2, 0.25) is 0 Å². The number of para-hydroxylation sites is 1. The van der Waals surface area contributed by atoms with Crippen LogP contribution in [0.25, 0.3) is 0 Å². The van der Waals surface area contributed by atoms with Crippen LogP contribution < -0.4 is 5.06 Å². The molecule has 0 saturated heterocycles. The Kier molecular flexibility index (Phi) is 4.13. The zero-order chi connectivity index (χ0) is 18.2. The van der Waals surface area contributed by atoms with Crippen molar-refractivity contribution in [1.29, 1.82) is 0 Å². The van der Waals surface area contributed by atoms with Crippen molar-refractivity contribution in [2.75, 3.05) is 5.06 Å². The summed E-state index contributed by atoms with van der Waals surface area (Å²) in [4.78, 5) is 26.1. The van der Waals surface area contributed by atoms with E-state index in [0.29, 0.717) is 16.3 Å². The van der Waals surface area contributed by atoms with Gasteiger partial charge in [-0.3, -0.25) is 14.8 Å². The van der Waals surface area contributed by atoms with Gasteiger partial charge in [0, 0.05) is 12.0 Å². The van der Waals surface area contributed by atoms with Crippen LogP contribution in [-0.2, 0) is 26.2 Å². The molecule has 1 aliphatic rings. The number of hydrogen-bond donors (Lipinski definition) is 1. The third kappa shape index (κ3) is 2.91. The standard InChI is InChI=1S/C20H21NO4/c1-19(2,3)25-18(23)20(13-14-9-5-4-6-10-14)15-11-7-8-12-16(15)21(24)17(20)22/h4-12,24H,13H2,1-3H3. The lowest BCUT2D eigenvalue weighted by molar-refractivity contribution is -0.165. The van der Waals surface area contributed by atoms with Crippen LogP contribution in [0.1, 0.15) is 31.9 Å². The van der Waals surface area contributed by atoms with Gasteiger partial charge in [-0.2, -0.15) is 5.06 Å². The van der Waals surface area contributed by atoms with Gasteiger partial charge in [-0.15, -0.1) is 0 Å². The topological polar surface area (TPSA) is 66.8 Å². The summed E-state index contributed by atoms with van der Waals surface area (Å²) in [5.74, 6) is -1.34. The molecular formula is C20H21NO4. The molecule has 5 heteroatoms. The van der Waals surface area contributed by atoms with Gasteiger partial charge < -0.3 is 4.74 Å². The summed E-state index contributed by atoms with van der Waals surface area (Å²) < 4.78 is 5.58. The van der Waals surface area contributed by atoms with E-state index in [4.69, 9.17) is 4.74 Å². The Morgan fingerprint density at radius 2 is 1.68 bits per heavy atom. The fourth-order valence-corrected chi connectivity index (χ4v) is 3.13. The molecule has 5 nitrogen and oxygen atoms in total. The minimum absolute atomic E-state index is 0.121. The average Bonchev–Trinajstić information content (AvgIpc) is 2.78. The predicted octanol–water partition coefficient (Wildman–Crippen LogP) is 3.24. The maximum Gasteiger partial charge on any atom is 0.327 e. The van der Waals surface area contributed by atoms with Crippen LogP contribution in [0.2, 0.25) is 0 Å². The van der Waals surface area contributed by atoms with Crippen molar-refractivity contribution in [1.82, 2.24) is 0 Å². The molecule has 1 N–H and O–H groups in total. The first kappa shape index (κ1) is 17.2. The molecule has 2 aromatic rings. The van der Waals surface area contributed by atoms with E-state index in [1.165, 1.54) is 0 Å². The highest BCUT2D eigenvalue weighted by Crippen LogP contribution is 2.44. The minimum atomic E-state index is -1.60. The Morgan fingerprint density at radius 1 is 1.08 bits per heavy atom. The number of hydrogen-bond acceptors (Lipinski definition) is 4. The minimum Gasteiger partial charge on any atom is -0.459 e. The van der Waals surface area contributed by atoms with Crippen LogP contribution >= 0.6 is 0 Å². The maximum atomic E-state index is 13.1. The number of nitrogens with zero attached hydrogens (tertiary/aromatic N) is 1. The Labute approximate surface area is 146 Å². The summed E-state index contributed by atoms with van der Waals surface area (Å²) in [6.45, 7) is 5.26. The number of benzene rings is 2. The number of hydroxylamine groups is 1. The summed E-state index contributed by atoms with van der Waals surface area (Å²) in [5, 5.41) is 10.8. The molecule has 0 radical (unpaired) electrons. The van der Waals surface area contributed by atoms with Crippen LogP contribution in [0, 0.1) is 0 Å². The van der Waals surface area contributed by atoms with E-state index in [-0.39, 0.29) is 6.42 Å². The van der Waals surface area contributed by atoms with Crippen molar-refractivity contribution in [2.24, 2.45) is 0 Å². The Bertz CT molecular complexity index is 810. The second kappa shape index (κ2) is 6.01. The van der Waals surface area contributed by atoms with Crippen LogP contribution in [0.5, 0.6) is 0 Å². The molecule has 1 aliphatic heterocycles. The van der Waals surface area contributed by atoms with Crippen molar-refractivity contribution in [2.45, 2.75) is 38.2 Å². The largest absolute Gasteiger partial charge is 0.459 e. The van der Waals surface area contributed by atoms with Crippen molar-refractivity contribution < 1.29 is 19.5 Å². The van der Waals surface area contributed by atoms with Crippen LogP contribution in [-0.4, -0.2) is 22.7 Å². The molecule has 0 saturated carbocycles. The molecule has 1 atom stereocenters. The first-order chi connectivity index (χ1) is 11.8. The first-order valence-electron chi connectivity index (χ1n) is 8.16. The summed E-state index contributed by atoms with van der Waals surface area (Å²) in [6, 6.07) is 16.0. The third-order valence-corrected chi connectivity index (χ3v) is 4.21. The second-order valence-electron chi connectivity index (χ2n) is 7.20. The molecule has 25 heavy (non-hydrogen) atoms. The number of amides is 1. The molecule has 130 valence electrons. The molecular weight excluding hydrogens is 318 g/mol. The smallest absolute Gasteiger partial charge is 0.327 e. The fourth-order valence-electron chi connectivity index (χ4n) is 3.13. The molecule has 0 aromatic heterocycles. The Balaban J connectivity index is 2.16. The van der Waals surface area contributed by atoms with Gasteiger partial charge in [-0.05, 0) is 32.4 Å². The number of ether oxygens (including phenoxy) is 1. The first-order valence-corrected chi connectivity index (χ1v) is 8.16. The van der Waals surface area contributed by atoms with E-state index in [2.05, 4.69) is 0 Å². The molecule has 0 spiro atoms. The predicted molar refractivity (Wildman–Crippen MR) is 93.4 cm³/mol. The van der Waals surface area contributed by atoms with Gasteiger partial charge >= 0.3 is 5.97 Å². The van der Waals surface area contributed by atoms with Gasteiger partial charge in [0.15, 0.2) is 5.41 Å². The van der Waals surface area contributed by atoms with Gasteiger partial charge in [-0.1, -0.05) is 48.5 Å². The van der Waals surface area contributed by atoms with Gasteiger partial charge in [0.05, 0.1) is 5.69 Å². The molecule has 1 heterocycles. The lowest BCUT2D eigenvalue weighted by Gasteiger charge is -2.30. The monoisotopic (exact) mass is 339 g/mol. The Hall–Kier alpha value is -2.66. The highest BCUT2D eigenvalue weighted by atomic mass is 16.6. The molecule has 2 aromatic carbocycles. The summed E-state index contributed by atoms with van der Waals surface area (Å²) >= 11 is 0. The van der Waals surface area contributed by atoms with E-state index in [0.717, 1.165) is 5.56 Å². The average molecular weight is 339 g/mol. The molecule has 3 rings (SSSR count). The number of anilines is 1. The lowest BCUT2D eigenvalue weighted by Crippen LogP contribution is -2.50. The van der Waals surface area contributed by atoms with Crippen LogP contribution in [0.15, 0.2) is 54.6 Å². The normalized spacial score (nSPS) is 19.7. The third-order valence-electron chi connectivity index (χ3n) is 4.21. The Morgan fingerprint density at radius 3 is 2.32 bits per heavy atom. The number of esters is 1. The lowest BCUT2D eigenvalue weighted by atomic mass is 9.76. The summed E-state index contributed by atoms with van der Waals surface area (Å²) in [6.07, 6.45) is 0.121. The van der Waals surface area contributed by atoms with Gasteiger partial charge in [0.1, 0.15) is 5.60 Å². The molecule has 0 fully saturated rings. The van der Waals surface area contributed by atoms with Crippen molar-refractivity contribution in [3.8, 4) is 0 Å². The van der Waals surface area contributed by atoms with E-state index < -0.39 is 22.9 Å². The SMILES string of the molecule is CC(C)(C)OC(=O)C1(Cc2ccccc2)C(=O)N(O)c2ccccc21. The number of carbonyl (C=O) groups excluding carboxylic acids is 2. The van der Waals surface area contributed by atoms with Gasteiger partial charge in [-0.25, -0.2) is 0 Å². The van der Waals surface area contributed by atoms with E-state index >= 15 is 0 Å². The van der Waals surface area contributed by atoms with Crippen LogP contribution in [0.4, 0.5) is 5.69 Å². The summed E-state index contributed by atoms with van der Waals surface area (Å²) in [5.41, 5.74) is -0.763. The zero-order valence-electron chi connectivity index (χ0n) is 14.5. The highest BCUT2D eigenvalue weighted by molar-refractivity contribution is 6.19. The summed E-state index contributed by atoms with van der Waals surface area (Å²) in [7, 11) is 0. The van der Waals surface area contributed by atoms with Crippen LogP contribution in [0.3, 0.4) is 0 Å². The van der Waals surface area contributed by atoms with E-state index in [1.54, 1.807) is 45.0 Å². The van der Waals surface area contributed by atoms with E-state index in [1.807, 2.05) is 30.3 Å². The number of carbonyl (C=O) groups is 2. The molecule has 0 bridgehead atoms. The van der Waals surface area contributed by atoms with E-state index in [9.17, 15) is 14.8 Å². The number of rotatable bonds is 3. The molecule has 0 aliphatic carbocycles. The second-order valence-corrected chi connectivity index (χ2v) is 7.20. The highest BCUT2D eigenvalue weighted by Gasteiger charge is 2.58. The van der Waals surface area contributed by atoms with Crippen molar-refractivity contribution in [3.05, 3.63) is 65.7 Å². The maximum absolute atomic E-state index is 13.1. The van der Waals surface area contributed by atoms with Crippen molar-refractivity contribution >= 4 is 17.6 Å². The molecule has 1 unspecified atom stereocenters. The zero-order valence-corrected chi connectivity index (χ0v) is 14.5. The van der Waals surface area contributed by atoms with Gasteiger partial charge in [0.25, 0.3) is 5.91 Å². The fraction of sp³-hybridized carbons (Fsp3) is 0.300. The number of fused-ring (bicyclic) bond motifs is 1. The van der Waals surface area contributed by atoms with Crippen molar-refractivity contribution in [3.63, 3.8) is 0 Å². The quantitative estimate of drug-likeness (QED) is 0.530. The molecule has 1 amide bonds.